The summed E-state index contributed by atoms with van der Waals surface area (Å²) in [4.78, 5) is 0. The average molecular weight is 238 g/mol. The van der Waals surface area contributed by atoms with Crippen LogP contribution in [0.1, 0.15) is 18.4 Å². The van der Waals surface area contributed by atoms with Gasteiger partial charge >= 0.3 is 0 Å². The molecule has 0 aromatic heterocycles. The largest absolute Gasteiger partial charge is 0.497 e. The van der Waals surface area contributed by atoms with Crippen LogP contribution in [0.25, 0.3) is 0 Å². The van der Waals surface area contributed by atoms with E-state index in [0.29, 0.717) is 0 Å². The molecule has 0 radical (unpaired) electrons. The second-order valence-electron chi connectivity index (χ2n) is 4.35. The van der Waals surface area contributed by atoms with Crippen molar-refractivity contribution in [3.05, 3.63) is 23.8 Å². The molecule has 0 atom stereocenters. The summed E-state index contributed by atoms with van der Waals surface area (Å²) in [6, 6.07) is 5.70. The van der Waals surface area contributed by atoms with Gasteiger partial charge in [-0.3, -0.25) is 0 Å². The van der Waals surface area contributed by atoms with Crippen molar-refractivity contribution >= 4 is 0 Å². The molecule has 1 saturated carbocycles. The van der Waals surface area contributed by atoms with Crippen molar-refractivity contribution in [2.45, 2.75) is 18.3 Å². The van der Waals surface area contributed by atoms with Crippen LogP contribution in [0.2, 0.25) is 0 Å². The molecule has 0 saturated heterocycles. The van der Waals surface area contributed by atoms with Crippen molar-refractivity contribution in [1.29, 1.82) is 0 Å². The van der Waals surface area contributed by atoms with Crippen LogP contribution in [0.15, 0.2) is 18.2 Å². The van der Waals surface area contributed by atoms with E-state index >= 15 is 0 Å². The summed E-state index contributed by atoms with van der Waals surface area (Å²) in [7, 11) is 3.20. The predicted molar refractivity (Wildman–Crippen MR) is 63.5 cm³/mol. The van der Waals surface area contributed by atoms with Gasteiger partial charge in [0, 0.05) is 24.2 Å². The lowest BCUT2D eigenvalue weighted by Gasteiger charge is -2.18. The fourth-order valence-electron chi connectivity index (χ4n) is 1.97. The molecule has 4 nitrogen and oxygen atoms in total. The quantitative estimate of drug-likeness (QED) is 0.766. The summed E-state index contributed by atoms with van der Waals surface area (Å²) < 4.78 is 15.6. The molecule has 0 amide bonds. The Labute approximate surface area is 101 Å². The molecule has 1 aromatic carbocycles. The van der Waals surface area contributed by atoms with E-state index in [4.69, 9.17) is 14.2 Å². The van der Waals surface area contributed by atoms with Crippen LogP contribution in [0, 0.1) is 0 Å². The van der Waals surface area contributed by atoms with Crippen LogP contribution in [0.5, 0.6) is 11.5 Å². The summed E-state index contributed by atoms with van der Waals surface area (Å²) >= 11 is 0. The lowest BCUT2D eigenvalue weighted by atomic mass is 9.96. The third kappa shape index (κ3) is 2.37. The van der Waals surface area contributed by atoms with E-state index in [1.54, 1.807) is 14.2 Å². The zero-order chi connectivity index (χ0) is 12.3. The minimum atomic E-state index is -0.116. The van der Waals surface area contributed by atoms with Gasteiger partial charge in [-0.2, -0.15) is 0 Å². The molecule has 1 aromatic rings. The van der Waals surface area contributed by atoms with E-state index < -0.39 is 0 Å². The molecule has 1 aliphatic carbocycles. The summed E-state index contributed by atoms with van der Waals surface area (Å²) in [5.41, 5.74) is 0.924. The Balaban J connectivity index is 2.29. The number of ether oxygens (including phenoxy) is 3. The Hall–Kier alpha value is -1.26. The van der Waals surface area contributed by atoms with Gasteiger partial charge in [-0.1, -0.05) is 6.07 Å². The number of aliphatic hydroxyl groups excluding tert-OH is 1. The van der Waals surface area contributed by atoms with Crippen LogP contribution in [0.4, 0.5) is 0 Å². The summed E-state index contributed by atoms with van der Waals surface area (Å²) in [5.74, 6) is 1.48. The van der Waals surface area contributed by atoms with Crippen LogP contribution >= 0.6 is 0 Å². The molecule has 2 rings (SSSR count). The van der Waals surface area contributed by atoms with E-state index in [0.717, 1.165) is 29.9 Å². The first-order valence-electron chi connectivity index (χ1n) is 5.67. The van der Waals surface area contributed by atoms with E-state index in [1.165, 1.54) is 0 Å². The van der Waals surface area contributed by atoms with Gasteiger partial charge in [0.1, 0.15) is 11.5 Å². The molecule has 17 heavy (non-hydrogen) atoms. The second kappa shape index (κ2) is 4.94. The molecule has 94 valence electrons. The highest BCUT2D eigenvalue weighted by Gasteiger charge is 2.45. The molecule has 1 aliphatic rings. The monoisotopic (exact) mass is 238 g/mol. The molecule has 4 heteroatoms. The summed E-state index contributed by atoms with van der Waals surface area (Å²) in [6.45, 7) is 0.352. The van der Waals surface area contributed by atoms with Gasteiger partial charge < -0.3 is 19.3 Å². The third-order valence-electron chi connectivity index (χ3n) is 3.25. The van der Waals surface area contributed by atoms with Gasteiger partial charge in [-0.15, -0.1) is 0 Å². The van der Waals surface area contributed by atoms with Crippen LogP contribution < -0.4 is 9.47 Å². The van der Waals surface area contributed by atoms with Gasteiger partial charge in [0.15, 0.2) is 6.79 Å². The number of hydrogen-bond acceptors (Lipinski definition) is 4. The fraction of sp³-hybridized carbons (Fsp3) is 0.538. The van der Waals surface area contributed by atoms with Gasteiger partial charge in [0.25, 0.3) is 0 Å². The predicted octanol–water partition coefficient (Wildman–Crippen LogP) is 1.70. The van der Waals surface area contributed by atoms with Gasteiger partial charge in [-0.05, 0) is 18.9 Å². The lowest BCUT2D eigenvalue weighted by Crippen LogP contribution is -2.14. The Morgan fingerprint density at radius 1 is 1.29 bits per heavy atom. The maximum absolute atomic E-state index is 9.47. The highest BCUT2D eigenvalue weighted by molar-refractivity contribution is 5.47. The number of rotatable bonds is 6. The van der Waals surface area contributed by atoms with E-state index in [2.05, 4.69) is 0 Å². The lowest BCUT2D eigenvalue weighted by molar-refractivity contribution is 0.0495. The number of methoxy groups -OCH3 is 2. The third-order valence-corrected chi connectivity index (χ3v) is 3.25. The Morgan fingerprint density at radius 3 is 2.59 bits per heavy atom. The zero-order valence-corrected chi connectivity index (χ0v) is 10.2. The number of aliphatic hydroxyl groups is 1. The Kier molecular flexibility index (Phi) is 3.54. The summed E-state index contributed by atoms with van der Waals surface area (Å²) in [5, 5.41) is 9.47. The van der Waals surface area contributed by atoms with Crippen molar-refractivity contribution in [2.24, 2.45) is 0 Å². The first-order valence-corrected chi connectivity index (χ1v) is 5.67. The highest BCUT2D eigenvalue weighted by Crippen LogP contribution is 2.51. The van der Waals surface area contributed by atoms with E-state index in [-0.39, 0.29) is 18.8 Å². The summed E-state index contributed by atoms with van der Waals surface area (Å²) in [6.07, 6.45) is 2.00. The van der Waals surface area contributed by atoms with Crippen LogP contribution in [0.3, 0.4) is 0 Å². The molecule has 0 unspecified atom stereocenters. The van der Waals surface area contributed by atoms with Gasteiger partial charge in [0.05, 0.1) is 13.7 Å². The molecule has 0 heterocycles. The molecule has 1 fully saturated rings. The van der Waals surface area contributed by atoms with Crippen LogP contribution in [-0.2, 0) is 10.2 Å². The molecular weight excluding hydrogens is 220 g/mol. The van der Waals surface area contributed by atoms with Crippen molar-refractivity contribution in [3.63, 3.8) is 0 Å². The standard InChI is InChI=1S/C13H18O4/c1-15-9-17-12-7-10(16-2)3-4-11(12)13(8-14)5-6-13/h3-4,7,14H,5-6,8-9H2,1-2H3. The Morgan fingerprint density at radius 2 is 2.06 bits per heavy atom. The fourth-order valence-corrected chi connectivity index (χ4v) is 1.97. The normalized spacial score (nSPS) is 16.6. The topological polar surface area (TPSA) is 47.9 Å². The van der Waals surface area contributed by atoms with Gasteiger partial charge in [0.2, 0.25) is 0 Å². The molecule has 0 bridgehead atoms. The first-order chi connectivity index (χ1) is 8.25. The average Bonchev–Trinajstić information content (AvgIpc) is 3.17. The minimum Gasteiger partial charge on any atom is -0.497 e. The maximum Gasteiger partial charge on any atom is 0.188 e. The minimum absolute atomic E-state index is 0.116. The second-order valence-corrected chi connectivity index (χ2v) is 4.35. The Bertz CT molecular complexity index is 385. The van der Waals surface area contributed by atoms with Crippen LogP contribution in [-0.4, -0.2) is 32.7 Å². The van der Waals surface area contributed by atoms with Crippen molar-refractivity contribution < 1.29 is 19.3 Å². The SMILES string of the molecule is COCOc1cc(OC)ccc1C1(CO)CC1. The molecule has 0 spiro atoms. The van der Waals surface area contributed by atoms with E-state index in [9.17, 15) is 5.11 Å². The number of hydrogen-bond donors (Lipinski definition) is 1. The van der Waals surface area contributed by atoms with Crippen molar-refractivity contribution in [1.82, 2.24) is 0 Å². The zero-order valence-electron chi connectivity index (χ0n) is 10.2. The van der Waals surface area contributed by atoms with Crippen molar-refractivity contribution in [3.8, 4) is 11.5 Å². The first kappa shape index (κ1) is 12.2. The highest BCUT2D eigenvalue weighted by atomic mass is 16.7. The molecule has 1 N–H and O–H groups in total. The van der Waals surface area contributed by atoms with Gasteiger partial charge in [-0.25, -0.2) is 0 Å². The maximum atomic E-state index is 9.47. The van der Waals surface area contributed by atoms with E-state index in [1.807, 2.05) is 18.2 Å². The number of benzene rings is 1. The molecule has 0 aliphatic heterocycles. The van der Waals surface area contributed by atoms with Crippen molar-refractivity contribution in [2.75, 3.05) is 27.6 Å². The smallest absolute Gasteiger partial charge is 0.188 e. The molecular formula is C13H18O4.